The number of hydrogen-bond donors (Lipinski definition) is 1. The van der Waals surface area contributed by atoms with Crippen molar-refractivity contribution >= 4 is 23.4 Å². The Labute approximate surface area is 184 Å². The Bertz CT molecular complexity index is 766. The first-order valence-electron chi connectivity index (χ1n) is 10.8. The lowest BCUT2D eigenvalue weighted by atomic mass is 10.1. The third-order valence-corrected chi connectivity index (χ3v) is 6.16. The predicted molar refractivity (Wildman–Crippen MR) is 126 cm³/mol. The van der Waals surface area contributed by atoms with Crippen LogP contribution in [0, 0.1) is 5.92 Å². The van der Waals surface area contributed by atoms with Crippen molar-refractivity contribution in [2.45, 2.75) is 39.2 Å². The highest BCUT2D eigenvalue weighted by Gasteiger charge is 2.20. The van der Waals surface area contributed by atoms with Gasteiger partial charge in [-0.25, -0.2) is 9.97 Å². The molecule has 1 aliphatic rings. The van der Waals surface area contributed by atoms with Gasteiger partial charge in [0.25, 0.3) is 0 Å². The molecule has 1 aliphatic carbocycles. The Hall–Kier alpha value is -2.15. The summed E-state index contributed by atoms with van der Waals surface area (Å²) in [6.07, 6.45) is 10.9. The molecule has 0 aliphatic heterocycles. The van der Waals surface area contributed by atoms with E-state index in [9.17, 15) is 0 Å². The maximum absolute atomic E-state index is 5.63. The second-order valence-electron chi connectivity index (χ2n) is 7.62. The van der Waals surface area contributed by atoms with E-state index in [1.165, 1.54) is 36.9 Å². The highest BCUT2D eigenvalue weighted by atomic mass is 32.2. The fourth-order valence-electron chi connectivity index (χ4n) is 3.94. The molecule has 1 aromatic heterocycles. The standard InChI is InChI=1S/C23H34N4O2S/c1-4-27(17-18-7-5-6-8-18)22-10-9-20(28-2)13-19(22)14-24-23-25-15-21(16-26-23)29-11-12-30-3/h9-10,13,15-16,18H,4-8,11-12,14,17H2,1-3H3,(H,24,25,26). The lowest BCUT2D eigenvalue weighted by Gasteiger charge is -2.29. The molecule has 0 spiro atoms. The Kier molecular flexibility index (Phi) is 8.93. The van der Waals surface area contributed by atoms with Gasteiger partial charge in [-0.05, 0) is 55.7 Å². The molecule has 0 bridgehead atoms. The zero-order chi connectivity index (χ0) is 21.2. The highest BCUT2D eigenvalue weighted by Crippen LogP contribution is 2.31. The van der Waals surface area contributed by atoms with Gasteiger partial charge >= 0.3 is 0 Å². The van der Waals surface area contributed by atoms with Crippen molar-refractivity contribution in [2.24, 2.45) is 5.92 Å². The summed E-state index contributed by atoms with van der Waals surface area (Å²) in [7, 11) is 1.71. The van der Waals surface area contributed by atoms with E-state index in [1.54, 1.807) is 31.3 Å². The zero-order valence-corrected chi connectivity index (χ0v) is 19.2. The van der Waals surface area contributed by atoms with Crippen LogP contribution >= 0.6 is 11.8 Å². The Morgan fingerprint density at radius 2 is 1.93 bits per heavy atom. The third-order valence-electron chi connectivity index (χ3n) is 5.58. The summed E-state index contributed by atoms with van der Waals surface area (Å²) in [5.74, 6) is 3.92. The molecule has 164 valence electrons. The molecular weight excluding hydrogens is 396 g/mol. The summed E-state index contributed by atoms with van der Waals surface area (Å²) in [5.41, 5.74) is 2.45. The van der Waals surface area contributed by atoms with Crippen molar-refractivity contribution in [2.75, 3.05) is 49.0 Å². The maximum Gasteiger partial charge on any atom is 0.223 e. The largest absolute Gasteiger partial charge is 0.497 e. The average molecular weight is 431 g/mol. The Morgan fingerprint density at radius 1 is 1.17 bits per heavy atom. The van der Waals surface area contributed by atoms with Gasteiger partial charge in [-0.3, -0.25) is 0 Å². The molecule has 0 saturated heterocycles. The van der Waals surface area contributed by atoms with Crippen LogP contribution in [0.2, 0.25) is 0 Å². The summed E-state index contributed by atoms with van der Waals surface area (Å²) < 4.78 is 11.1. The van der Waals surface area contributed by atoms with E-state index in [2.05, 4.69) is 45.5 Å². The smallest absolute Gasteiger partial charge is 0.223 e. The maximum atomic E-state index is 5.63. The first-order chi connectivity index (χ1) is 14.7. The average Bonchev–Trinajstić information content (AvgIpc) is 3.30. The second-order valence-corrected chi connectivity index (χ2v) is 8.61. The lowest BCUT2D eigenvalue weighted by molar-refractivity contribution is 0.341. The van der Waals surface area contributed by atoms with E-state index in [0.717, 1.165) is 30.5 Å². The van der Waals surface area contributed by atoms with Crippen LogP contribution in [0.25, 0.3) is 0 Å². The third kappa shape index (κ3) is 6.42. The van der Waals surface area contributed by atoms with Crippen LogP contribution in [-0.2, 0) is 6.54 Å². The summed E-state index contributed by atoms with van der Waals surface area (Å²) in [6.45, 7) is 5.65. The van der Waals surface area contributed by atoms with Crippen LogP contribution < -0.4 is 19.7 Å². The molecule has 0 atom stereocenters. The number of methoxy groups -OCH3 is 1. The minimum Gasteiger partial charge on any atom is -0.497 e. The lowest BCUT2D eigenvalue weighted by Crippen LogP contribution is -2.29. The number of rotatable bonds is 12. The molecule has 6 nitrogen and oxygen atoms in total. The monoisotopic (exact) mass is 430 g/mol. The number of thioether (sulfide) groups is 1. The van der Waals surface area contributed by atoms with Gasteiger partial charge in [-0.2, -0.15) is 11.8 Å². The first kappa shape index (κ1) is 22.5. The van der Waals surface area contributed by atoms with Crippen molar-refractivity contribution < 1.29 is 9.47 Å². The molecule has 0 amide bonds. The molecule has 1 N–H and O–H groups in total. The zero-order valence-electron chi connectivity index (χ0n) is 18.4. The fraction of sp³-hybridized carbons (Fsp3) is 0.565. The van der Waals surface area contributed by atoms with Crippen molar-refractivity contribution in [3.63, 3.8) is 0 Å². The number of hydrogen-bond acceptors (Lipinski definition) is 7. The summed E-state index contributed by atoms with van der Waals surface area (Å²) in [5, 5.41) is 3.36. The number of ether oxygens (including phenoxy) is 2. The van der Waals surface area contributed by atoms with E-state index in [-0.39, 0.29) is 0 Å². The molecule has 1 heterocycles. The Morgan fingerprint density at radius 3 is 2.60 bits per heavy atom. The van der Waals surface area contributed by atoms with Gasteiger partial charge < -0.3 is 19.7 Å². The van der Waals surface area contributed by atoms with Gasteiger partial charge in [0.15, 0.2) is 5.75 Å². The van der Waals surface area contributed by atoms with E-state index < -0.39 is 0 Å². The molecule has 2 aromatic rings. The van der Waals surface area contributed by atoms with Gasteiger partial charge in [0.1, 0.15) is 5.75 Å². The van der Waals surface area contributed by atoms with E-state index in [0.29, 0.717) is 24.8 Å². The summed E-state index contributed by atoms with van der Waals surface area (Å²) >= 11 is 1.76. The fourth-order valence-corrected chi connectivity index (χ4v) is 4.19. The molecule has 1 fully saturated rings. The first-order valence-corrected chi connectivity index (χ1v) is 12.2. The number of benzene rings is 1. The molecule has 1 saturated carbocycles. The van der Waals surface area contributed by atoms with Crippen LogP contribution in [0.4, 0.5) is 11.6 Å². The van der Waals surface area contributed by atoms with Crippen LogP contribution in [0.1, 0.15) is 38.2 Å². The number of nitrogens with one attached hydrogen (secondary N) is 1. The Balaban J connectivity index is 1.67. The van der Waals surface area contributed by atoms with Gasteiger partial charge in [-0.15, -0.1) is 0 Å². The quantitative estimate of drug-likeness (QED) is 0.483. The molecular formula is C23H34N4O2S. The van der Waals surface area contributed by atoms with Crippen LogP contribution in [0.3, 0.4) is 0 Å². The predicted octanol–water partition coefficient (Wildman–Crippen LogP) is 4.86. The summed E-state index contributed by atoms with van der Waals surface area (Å²) in [6, 6.07) is 6.34. The van der Waals surface area contributed by atoms with Gasteiger partial charge in [-0.1, -0.05) is 12.8 Å². The normalized spacial score (nSPS) is 14.0. The van der Waals surface area contributed by atoms with Gasteiger partial charge in [0.05, 0.1) is 26.1 Å². The molecule has 30 heavy (non-hydrogen) atoms. The molecule has 3 rings (SSSR count). The number of aromatic nitrogens is 2. The minimum atomic E-state index is 0.597. The van der Waals surface area contributed by atoms with Crippen molar-refractivity contribution in [3.05, 3.63) is 36.2 Å². The molecule has 7 heteroatoms. The van der Waals surface area contributed by atoms with Crippen molar-refractivity contribution in [3.8, 4) is 11.5 Å². The summed E-state index contributed by atoms with van der Waals surface area (Å²) in [4.78, 5) is 11.3. The SMILES string of the molecule is CCN(CC1CCCC1)c1ccc(OC)cc1CNc1ncc(OCCSC)cn1. The van der Waals surface area contributed by atoms with Crippen molar-refractivity contribution in [1.29, 1.82) is 0 Å². The van der Waals surface area contributed by atoms with Crippen LogP contribution in [0.15, 0.2) is 30.6 Å². The number of nitrogens with zero attached hydrogens (tertiary/aromatic N) is 3. The highest BCUT2D eigenvalue weighted by molar-refractivity contribution is 7.98. The topological polar surface area (TPSA) is 59.5 Å². The van der Waals surface area contributed by atoms with Crippen molar-refractivity contribution in [1.82, 2.24) is 9.97 Å². The van der Waals surface area contributed by atoms with Crippen LogP contribution in [0.5, 0.6) is 11.5 Å². The van der Waals surface area contributed by atoms with E-state index in [4.69, 9.17) is 9.47 Å². The van der Waals surface area contributed by atoms with Gasteiger partial charge in [0.2, 0.25) is 5.95 Å². The van der Waals surface area contributed by atoms with E-state index in [1.807, 2.05) is 6.07 Å². The van der Waals surface area contributed by atoms with Gasteiger partial charge in [0, 0.05) is 31.1 Å². The molecule has 0 unspecified atom stereocenters. The molecule has 1 aromatic carbocycles. The second kappa shape index (κ2) is 11.9. The minimum absolute atomic E-state index is 0.597. The molecule has 0 radical (unpaired) electrons. The number of anilines is 2. The van der Waals surface area contributed by atoms with E-state index >= 15 is 0 Å². The van der Waals surface area contributed by atoms with Crippen LogP contribution in [-0.4, -0.2) is 48.8 Å².